The Bertz CT molecular complexity index is 967. The maximum Gasteiger partial charge on any atom is 0.265 e. The highest BCUT2D eigenvalue weighted by Crippen LogP contribution is 2.38. The number of anilines is 1. The van der Waals surface area contributed by atoms with Gasteiger partial charge in [-0.05, 0) is 63.1 Å². The molecule has 1 aliphatic carbocycles. The Morgan fingerprint density at radius 1 is 1.19 bits per heavy atom. The van der Waals surface area contributed by atoms with Crippen molar-refractivity contribution >= 4 is 28.2 Å². The van der Waals surface area contributed by atoms with Crippen LogP contribution in [0.25, 0.3) is 0 Å². The third kappa shape index (κ3) is 5.07. The number of aryl methyl sites for hydroxylation is 1. The Morgan fingerprint density at radius 2 is 1.97 bits per heavy atom. The highest BCUT2D eigenvalue weighted by atomic mass is 32.1. The van der Waals surface area contributed by atoms with Gasteiger partial charge in [-0.1, -0.05) is 12.1 Å². The molecule has 1 aliphatic heterocycles. The first-order chi connectivity index (χ1) is 15.6. The van der Waals surface area contributed by atoms with E-state index in [0.717, 1.165) is 50.7 Å². The second kappa shape index (κ2) is 10.4. The van der Waals surface area contributed by atoms with Gasteiger partial charge in [0, 0.05) is 18.0 Å². The van der Waals surface area contributed by atoms with Crippen molar-refractivity contribution in [1.29, 1.82) is 0 Å². The van der Waals surface area contributed by atoms with Crippen molar-refractivity contribution in [2.75, 3.05) is 25.6 Å². The van der Waals surface area contributed by atoms with Crippen LogP contribution in [0.5, 0.6) is 11.5 Å². The van der Waals surface area contributed by atoms with E-state index < -0.39 is 6.10 Å². The number of amides is 2. The van der Waals surface area contributed by atoms with Crippen LogP contribution < -0.4 is 20.1 Å². The lowest BCUT2D eigenvalue weighted by molar-refractivity contribution is -0.122. The molecule has 1 aromatic heterocycles. The summed E-state index contributed by atoms with van der Waals surface area (Å²) in [6.45, 7) is 2.93. The molecule has 4 rings (SSSR count). The van der Waals surface area contributed by atoms with Gasteiger partial charge in [-0.15, -0.1) is 11.3 Å². The third-order valence-corrected chi connectivity index (χ3v) is 7.10. The first-order valence-corrected chi connectivity index (χ1v) is 12.0. The lowest BCUT2D eigenvalue weighted by Gasteiger charge is -2.17. The predicted octanol–water partition coefficient (Wildman–Crippen LogP) is 3.95. The average molecular weight is 459 g/mol. The quantitative estimate of drug-likeness (QED) is 0.626. The summed E-state index contributed by atoms with van der Waals surface area (Å²) in [7, 11) is 1.56. The number of para-hydroxylation sites is 2. The van der Waals surface area contributed by atoms with Crippen molar-refractivity contribution in [3.63, 3.8) is 0 Å². The van der Waals surface area contributed by atoms with Crippen LogP contribution >= 0.6 is 11.3 Å². The zero-order chi connectivity index (χ0) is 22.5. The van der Waals surface area contributed by atoms with Gasteiger partial charge in [0.15, 0.2) is 17.6 Å². The minimum Gasteiger partial charge on any atom is -0.493 e. The molecule has 0 saturated carbocycles. The molecule has 2 aromatic rings. The van der Waals surface area contributed by atoms with Crippen molar-refractivity contribution in [3.05, 3.63) is 40.3 Å². The SMILES string of the molecule is COc1ccccc1O[C@@H](C)C(=O)Nc1sc2c(c1C(=O)NC[C@H]1CCCO1)CCCC2. The van der Waals surface area contributed by atoms with Crippen LogP contribution in [0.3, 0.4) is 0 Å². The van der Waals surface area contributed by atoms with Gasteiger partial charge in [-0.25, -0.2) is 0 Å². The average Bonchev–Trinajstić information content (AvgIpc) is 3.45. The van der Waals surface area contributed by atoms with Crippen molar-refractivity contribution in [2.24, 2.45) is 0 Å². The Morgan fingerprint density at radius 3 is 2.72 bits per heavy atom. The van der Waals surface area contributed by atoms with Crippen LogP contribution in [-0.4, -0.2) is 44.3 Å². The zero-order valence-electron chi connectivity index (χ0n) is 18.6. The number of hydrogen-bond acceptors (Lipinski definition) is 6. The Labute approximate surface area is 192 Å². The van der Waals surface area contributed by atoms with Crippen molar-refractivity contribution in [2.45, 2.75) is 57.7 Å². The topological polar surface area (TPSA) is 85.9 Å². The zero-order valence-corrected chi connectivity index (χ0v) is 19.4. The number of rotatable bonds is 8. The Kier molecular flexibility index (Phi) is 7.32. The number of thiophene rings is 1. The fourth-order valence-electron chi connectivity index (χ4n) is 4.17. The molecule has 0 bridgehead atoms. The van der Waals surface area contributed by atoms with Gasteiger partial charge >= 0.3 is 0 Å². The van der Waals surface area contributed by atoms with Gasteiger partial charge < -0.3 is 24.8 Å². The molecule has 7 nitrogen and oxygen atoms in total. The summed E-state index contributed by atoms with van der Waals surface area (Å²) in [5, 5.41) is 6.57. The summed E-state index contributed by atoms with van der Waals surface area (Å²) < 4.78 is 16.8. The van der Waals surface area contributed by atoms with Crippen molar-refractivity contribution < 1.29 is 23.8 Å². The molecular formula is C24H30N2O5S. The first kappa shape index (κ1) is 22.6. The summed E-state index contributed by atoms with van der Waals surface area (Å²) >= 11 is 1.50. The minimum atomic E-state index is -0.756. The summed E-state index contributed by atoms with van der Waals surface area (Å²) in [4.78, 5) is 27.3. The third-order valence-electron chi connectivity index (χ3n) is 5.89. The number of carbonyl (C=O) groups excluding carboxylic acids is 2. The molecule has 32 heavy (non-hydrogen) atoms. The molecule has 0 radical (unpaired) electrons. The van der Waals surface area contributed by atoms with Gasteiger partial charge in [0.25, 0.3) is 11.8 Å². The summed E-state index contributed by atoms with van der Waals surface area (Å²) in [6.07, 6.45) is 5.26. The second-order valence-corrected chi connectivity index (χ2v) is 9.27. The number of benzene rings is 1. The number of fused-ring (bicyclic) bond motifs is 1. The molecule has 2 N–H and O–H groups in total. The van der Waals surface area contributed by atoms with Crippen molar-refractivity contribution in [3.8, 4) is 11.5 Å². The smallest absolute Gasteiger partial charge is 0.265 e. The van der Waals surface area contributed by atoms with E-state index in [1.807, 2.05) is 12.1 Å². The molecule has 172 valence electrons. The molecule has 1 fully saturated rings. The molecule has 0 spiro atoms. The van der Waals surface area contributed by atoms with Gasteiger partial charge in [0.1, 0.15) is 5.00 Å². The van der Waals surface area contributed by atoms with E-state index >= 15 is 0 Å². The first-order valence-electron chi connectivity index (χ1n) is 11.2. The standard InChI is InChI=1S/C24H30N2O5S/c1-15(31-19-11-5-4-10-18(19)29-2)22(27)26-24-21(17-9-3-6-12-20(17)32-24)23(28)25-14-16-8-7-13-30-16/h4-5,10-11,15-16H,3,6-9,12-14H2,1-2H3,(H,25,28)(H,26,27)/t15-,16+/m0/s1. The van der Waals surface area contributed by atoms with E-state index in [1.54, 1.807) is 26.2 Å². The molecular weight excluding hydrogens is 428 g/mol. The highest BCUT2D eigenvalue weighted by Gasteiger charge is 2.28. The molecule has 1 aromatic carbocycles. The monoisotopic (exact) mass is 458 g/mol. The maximum absolute atomic E-state index is 13.1. The molecule has 2 heterocycles. The van der Waals surface area contributed by atoms with Crippen LogP contribution in [0.15, 0.2) is 24.3 Å². The summed E-state index contributed by atoms with van der Waals surface area (Å²) in [5.74, 6) is 0.613. The van der Waals surface area contributed by atoms with Gasteiger partial charge in [-0.3, -0.25) is 9.59 Å². The van der Waals surface area contributed by atoms with Crippen LogP contribution in [-0.2, 0) is 22.4 Å². The van der Waals surface area contributed by atoms with Gasteiger partial charge in [0.2, 0.25) is 0 Å². The maximum atomic E-state index is 13.1. The van der Waals surface area contributed by atoms with Crippen LogP contribution in [0.2, 0.25) is 0 Å². The van der Waals surface area contributed by atoms with Crippen LogP contribution in [0.4, 0.5) is 5.00 Å². The summed E-state index contributed by atoms with van der Waals surface area (Å²) in [5.41, 5.74) is 1.67. The lowest BCUT2D eigenvalue weighted by Crippen LogP contribution is -2.34. The second-order valence-electron chi connectivity index (χ2n) is 8.16. The molecule has 2 amide bonds. The normalized spacial score (nSPS) is 18.5. The molecule has 8 heteroatoms. The van der Waals surface area contributed by atoms with E-state index in [-0.39, 0.29) is 17.9 Å². The lowest BCUT2D eigenvalue weighted by atomic mass is 9.95. The van der Waals surface area contributed by atoms with Gasteiger partial charge in [0.05, 0.1) is 18.8 Å². The van der Waals surface area contributed by atoms with Gasteiger partial charge in [-0.2, -0.15) is 0 Å². The van der Waals surface area contributed by atoms with E-state index in [0.29, 0.717) is 28.6 Å². The van der Waals surface area contributed by atoms with Crippen LogP contribution in [0.1, 0.15) is 53.4 Å². The van der Waals surface area contributed by atoms with Crippen LogP contribution in [0, 0.1) is 0 Å². The van der Waals surface area contributed by atoms with E-state index in [9.17, 15) is 9.59 Å². The molecule has 1 saturated heterocycles. The molecule has 2 aliphatic rings. The summed E-state index contributed by atoms with van der Waals surface area (Å²) in [6, 6.07) is 7.21. The minimum absolute atomic E-state index is 0.0701. The Hall–Kier alpha value is -2.58. The van der Waals surface area contributed by atoms with Crippen molar-refractivity contribution in [1.82, 2.24) is 5.32 Å². The van der Waals surface area contributed by atoms with E-state index in [2.05, 4.69) is 10.6 Å². The number of carbonyl (C=O) groups is 2. The largest absolute Gasteiger partial charge is 0.493 e. The predicted molar refractivity (Wildman–Crippen MR) is 124 cm³/mol. The number of methoxy groups -OCH3 is 1. The van der Waals surface area contributed by atoms with E-state index in [1.165, 1.54) is 16.2 Å². The number of hydrogen-bond donors (Lipinski definition) is 2. The molecule has 0 unspecified atom stereocenters. The molecule has 2 atom stereocenters. The van der Waals surface area contributed by atoms with E-state index in [4.69, 9.17) is 14.2 Å². The highest BCUT2D eigenvalue weighted by molar-refractivity contribution is 7.17. The number of nitrogens with one attached hydrogen (secondary N) is 2. The Balaban J connectivity index is 1.48. The fourth-order valence-corrected chi connectivity index (χ4v) is 5.46. The fraction of sp³-hybridized carbons (Fsp3) is 0.500. The number of ether oxygens (including phenoxy) is 3.